The first-order chi connectivity index (χ1) is 15.9. The zero-order chi connectivity index (χ0) is 23.4. The first-order valence-corrected chi connectivity index (χ1v) is 12.0. The molecule has 1 amide bonds. The molecule has 3 aromatic carbocycles. The molecule has 0 radical (unpaired) electrons. The predicted molar refractivity (Wildman–Crippen MR) is 135 cm³/mol. The van der Waals surface area contributed by atoms with Crippen molar-refractivity contribution in [3.05, 3.63) is 95.7 Å². The molecule has 4 rings (SSSR count). The minimum absolute atomic E-state index is 0.0991. The molecule has 164 valence electrons. The number of nitriles is 1. The van der Waals surface area contributed by atoms with Crippen molar-refractivity contribution in [3.63, 3.8) is 0 Å². The molecule has 0 saturated heterocycles. The Labute approximate surface area is 198 Å². The van der Waals surface area contributed by atoms with Crippen molar-refractivity contribution < 1.29 is 4.79 Å². The number of rotatable bonds is 6. The van der Waals surface area contributed by atoms with Crippen molar-refractivity contribution in [3.8, 4) is 17.2 Å². The van der Waals surface area contributed by atoms with E-state index in [9.17, 15) is 10.1 Å². The maximum atomic E-state index is 12.6. The van der Waals surface area contributed by atoms with Crippen LogP contribution < -0.4 is 5.32 Å². The lowest BCUT2D eigenvalue weighted by Crippen LogP contribution is -2.22. The zero-order valence-corrected chi connectivity index (χ0v) is 19.7. The summed E-state index contributed by atoms with van der Waals surface area (Å²) in [6.07, 6.45) is 3.80. The second-order valence-electron chi connectivity index (χ2n) is 8.45. The van der Waals surface area contributed by atoms with Crippen LogP contribution >= 0.6 is 11.8 Å². The summed E-state index contributed by atoms with van der Waals surface area (Å²) in [5, 5.41) is 13.7. The molecule has 0 bridgehead atoms. The molecule has 0 aliphatic rings. The maximum absolute atomic E-state index is 12.6. The third-order valence-electron chi connectivity index (χ3n) is 5.75. The molecular weight excluding hydrogens is 426 g/mol. The van der Waals surface area contributed by atoms with Crippen LogP contribution in [0.25, 0.3) is 22.0 Å². The van der Waals surface area contributed by atoms with Crippen LogP contribution in [-0.2, 0) is 12.0 Å². The van der Waals surface area contributed by atoms with Gasteiger partial charge in [0, 0.05) is 34.2 Å². The molecule has 33 heavy (non-hydrogen) atoms. The van der Waals surface area contributed by atoms with E-state index in [2.05, 4.69) is 28.5 Å². The van der Waals surface area contributed by atoms with Gasteiger partial charge < -0.3 is 5.32 Å². The molecule has 0 unspecified atom stereocenters. The highest BCUT2D eigenvalue weighted by Crippen LogP contribution is 2.34. The fraction of sp³-hybridized carbons (Fsp3) is 0.179. The molecule has 1 N–H and O–H groups in total. The lowest BCUT2D eigenvalue weighted by Gasteiger charge is -2.19. The Bertz CT molecular complexity index is 1350. The number of carbonyl (C=O) groups excluding carboxylic acids is 1. The van der Waals surface area contributed by atoms with Crippen LogP contribution in [0, 0.1) is 11.3 Å². The third kappa shape index (κ3) is 4.92. The van der Waals surface area contributed by atoms with Gasteiger partial charge in [-0.2, -0.15) is 5.26 Å². The number of fused-ring (bicyclic) bond motifs is 1. The van der Waals surface area contributed by atoms with Crippen molar-refractivity contribution in [2.24, 2.45) is 0 Å². The first kappa shape index (κ1) is 22.6. The second-order valence-corrected chi connectivity index (χ2v) is 9.33. The Hall–Kier alpha value is -3.62. The number of amides is 1. The zero-order valence-electron chi connectivity index (χ0n) is 18.9. The monoisotopic (exact) mass is 451 g/mol. The minimum atomic E-state index is -0.615. The van der Waals surface area contributed by atoms with E-state index in [0.717, 1.165) is 38.1 Å². The number of pyridine rings is 1. The summed E-state index contributed by atoms with van der Waals surface area (Å²) in [7, 11) is 0. The van der Waals surface area contributed by atoms with E-state index in [4.69, 9.17) is 0 Å². The lowest BCUT2D eigenvalue weighted by atomic mass is 9.83. The molecule has 0 saturated carbocycles. The van der Waals surface area contributed by atoms with Crippen LogP contribution in [0.5, 0.6) is 0 Å². The Kier molecular flexibility index (Phi) is 6.48. The van der Waals surface area contributed by atoms with Gasteiger partial charge in [0.25, 0.3) is 5.91 Å². The van der Waals surface area contributed by atoms with E-state index in [0.29, 0.717) is 12.1 Å². The van der Waals surface area contributed by atoms with Gasteiger partial charge in [0.15, 0.2) is 0 Å². The van der Waals surface area contributed by atoms with Gasteiger partial charge in [0.05, 0.1) is 17.0 Å². The summed E-state index contributed by atoms with van der Waals surface area (Å²) < 4.78 is 0. The molecule has 0 fully saturated rings. The Morgan fingerprint density at radius 3 is 2.58 bits per heavy atom. The van der Waals surface area contributed by atoms with Gasteiger partial charge in [-0.1, -0.05) is 24.3 Å². The molecule has 4 nitrogen and oxygen atoms in total. The lowest BCUT2D eigenvalue weighted by molar-refractivity contribution is 0.0951. The van der Waals surface area contributed by atoms with Crippen LogP contribution in [0.1, 0.15) is 35.3 Å². The van der Waals surface area contributed by atoms with E-state index < -0.39 is 5.41 Å². The van der Waals surface area contributed by atoms with Crippen LogP contribution in [0.15, 0.2) is 83.9 Å². The third-order valence-corrected chi connectivity index (χ3v) is 6.49. The first-order valence-electron chi connectivity index (χ1n) is 10.7. The molecular formula is C28H25N3OS. The highest BCUT2D eigenvalue weighted by atomic mass is 32.2. The van der Waals surface area contributed by atoms with E-state index in [1.165, 1.54) is 0 Å². The molecule has 4 aromatic rings. The van der Waals surface area contributed by atoms with Gasteiger partial charge in [-0.3, -0.25) is 9.78 Å². The quantitative estimate of drug-likeness (QED) is 0.347. The van der Waals surface area contributed by atoms with Crippen molar-refractivity contribution in [1.29, 1.82) is 5.26 Å². The maximum Gasteiger partial charge on any atom is 0.251 e. The molecule has 0 aliphatic heterocycles. The van der Waals surface area contributed by atoms with Gasteiger partial charge in [-0.25, -0.2) is 0 Å². The number of benzene rings is 3. The number of thioether (sulfide) groups is 1. The smallest absolute Gasteiger partial charge is 0.251 e. The normalized spacial score (nSPS) is 11.2. The summed E-state index contributed by atoms with van der Waals surface area (Å²) in [5.74, 6) is -0.0991. The van der Waals surface area contributed by atoms with E-state index >= 15 is 0 Å². The number of nitrogens with one attached hydrogen (secondary N) is 1. The standard InChI is InChI=1S/C28H25N3OS/c1-28(2,18-29)23-15-22-8-5-13-30-26(22)25(16-23)21-7-4-6-19(14-21)17-31-27(32)20-9-11-24(33-3)12-10-20/h4-16H,17H2,1-3H3,(H,31,32). The number of aromatic nitrogens is 1. The fourth-order valence-corrected chi connectivity index (χ4v) is 4.12. The van der Waals surface area contributed by atoms with Crippen LogP contribution in [0.2, 0.25) is 0 Å². The van der Waals surface area contributed by atoms with Crippen molar-refractivity contribution in [2.45, 2.75) is 30.7 Å². The molecule has 0 atom stereocenters. The molecule has 5 heteroatoms. The van der Waals surface area contributed by atoms with Crippen molar-refractivity contribution >= 4 is 28.6 Å². The van der Waals surface area contributed by atoms with Crippen LogP contribution in [0.4, 0.5) is 0 Å². The van der Waals surface area contributed by atoms with Gasteiger partial charge in [0.2, 0.25) is 0 Å². The van der Waals surface area contributed by atoms with E-state index in [-0.39, 0.29) is 5.91 Å². The van der Waals surface area contributed by atoms with Crippen molar-refractivity contribution in [2.75, 3.05) is 6.26 Å². The van der Waals surface area contributed by atoms with Crippen molar-refractivity contribution in [1.82, 2.24) is 10.3 Å². The average Bonchev–Trinajstić information content (AvgIpc) is 2.86. The van der Waals surface area contributed by atoms with Crippen LogP contribution in [0.3, 0.4) is 0 Å². The molecule has 1 heterocycles. The summed E-state index contributed by atoms with van der Waals surface area (Å²) in [5.41, 5.74) is 4.85. The van der Waals surface area contributed by atoms with Gasteiger partial charge >= 0.3 is 0 Å². The number of hydrogen-bond acceptors (Lipinski definition) is 4. The SMILES string of the molecule is CSc1ccc(C(=O)NCc2cccc(-c3cc(C(C)(C)C#N)cc4cccnc34)c2)cc1. The fourth-order valence-electron chi connectivity index (χ4n) is 3.71. The molecule has 0 aliphatic carbocycles. The van der Waals surface area contributed by atoms with E-state index in [1.807, 2.05) is 80.8 Å². The number of hydrogen-bond donors (Lipinski definition) is 1. The largest absolute Gasteiger partial charge is 0.348 e. The Balaban J connectivity index is 1.63. The van der Waals surface area contributed by atoms with E-state index in [1.54, 1.807) is 18.0 Å². The summed E-state index contributed by atoms with van der Waals surface area (Å²) >= 11 is 1.65. The minimum Gasteiger partial charge on any atom is -0.348 e. The van der Waals surface area contributed by atoms with Gasteiger partial charge in [-0.05, 0) is 85.3 Å². The predicted octanol–water partition coefficient (Wildman–Crippen LogP) is 6.35. The topological polar surface area (TPSA) is 65.8 Å². The summed E-state index contributed by atoms with van der Waals surface area (Å²) in [6, 6.07) is 26.1. The number of nitrogens with zero attached hydrogens (tertiary/aromatic N) is 2. The summed E-state index contributed by atoms with van der Waals surface area (Å²) in [4.78, 5) is 18.3. The Morgan fingerprint density at radius 1 is 1.06 bits per heavy atom. The average molecular weight is 452 g/mol. The highest BCUT2D eigenvalue weighted by Gasteiger charge is 2.22. The van der Waals surface area contributed by atoms with Gasteiger partial charge in [0.1, 0.15) is 0 Å². The van der Waals surface area contributed by atoms with Crippen LogP contribution in [-0.4, -0.2) is 17.1 Å². The summed E-state index contributed by atoms with van der Waals surface area (Å²) in [6.45, 7) is 4.27. The molecule has 0 spiro atoms. The molecule has 1 aromatic heterocycles. The van der Waals surface area contributed by atoms with Gasteiger partial charge in [-0.15, -0.1) is 11.8 Å². The number of carbonyl (C=O) groups is 1. The highest BCUT2D eigenvalue weighted by molar-refractivity contribution is 7.98. The second kappa shape index (κ2) is 9.48. The Morgan fingerprint density at radius 2 is 1.85 bits per heavy atom.